The van der Waals surface area contributed by atoms with Crippen LogP contribution in [0.15, 0.2) is 370 Å². The lowest BCUT2D eigenvalue weighted by Crippen LogP contribution is -2.76. The number of ether oxygens (including phenoxy) is 1. The Hall–Kier alpha value is -17.2. The third-order valence-corrected chi connectivity index (χ3v) is 32.5. The predicted octanol–water partition coefficient (Wildman–Crippen LogP) is 24.0. The van der Waals surface area contributed by atoms with Crippen LogP contribution >= 0.6 is 0 Å². The van der Waals surface area contributed by atoms with Crippen LogP contribution in [-0.4, -0.2) is 46.0 Å². The molecule has 15 aromatic carbocycles. The van der Waals surface area contributed by atoms with E-state index in [1.165, 1.54) is 246 Å². The van der Waals surface area contributed by atoms with E-state index >= 15 is 0 Å². The monoisotopic (exact) mass is 1770 g/mol. The first-order valence-corrected chi connectivity index (χ1v) is 47.8. The molecule has 0 bridgehead atoms. The van der Waals surface area contributed by atoms with Gasteiger partial charge in [-0.15, -0.1) is 23.3 Å². The summed E-state index contributed by atoms with van der Waals surface area (Å²) in [6.45, 7) is 18.3. The first-order valence-electron chi connectivity index (χ1n) is 47.8. The van der Waals surface area contributed by atoms with E-state index in [9.17, 15) is 0 Å². The quantitative estimate of drug-likeness (QED) is 0.156. The van der Waals surface area contributed by atoms with Crippen molar-refractivity contribution in [2.24, 2.45) is 0 Å². The van der Waals surface area contributed by atoms with Gasteiger partial charge in [0, 0.05) is 86.9 Å². The van der Waals surface area contributed by atoms with Gasteiger partial charge in [0.15, 0.2) is 40.6 Å². The van der Waals surface area contributed by atoms with Gasteiger partial charge in [0.25, 0.3) is 5.54 Å². The zero-order valence-electron chi connectivity index (χ0n) is 77.0. The number of benzene rings is 15. The molecule has 0 saturated heterocycles. The maximum absolute atomic E-state index is 6.67. The van der Waals surface area contributed by atoms with Gasteiger partial charge in [-0.05, 0) is 189 Å². The number of fused-ring (bicyclic) bond motifs is 23. The predicted molar refractivity (Wildman–Crippen MR) is 539 cm³/mol. The van der Waals surface area contributed by atoms with Crippen molar-refractivity contribution in [3.05, 3.63) is 449 Å². The SMILES string of the molecule is Cc1c(-c2ccc(-c3ccccc3)cc2)c(C)[n+]2n1-c1ccc3c4c1C21c2c(cccc2N4c2ccccc2O3)-c2cccc[n+]21.Cc1c(-c2ccc(-c3ccccc3)cc2)c(C)[n+]2n1-c1cccc3c1C21c2c(ccc4c5ccccc5n-3c24)N2C=CN(C)C21.Cc1cc(C)[n+]2n1-c1ccc3c4ccccc4n4c3c1C21c2c-4cccc2-n2c(C)c(-c3ccc(-c4ccccc4)cc3)c(C)[n+]21. The minimum Gasteiger partial charge on any atom is -0.453 e. The van der Waals surface area contributed by atoms with Crippen LogP contribution in [0.1, 0.15) is 78.9 Å². The average molecular weight is 1770 g/mol. The van der Waals surface area contributed by atoms with Crippen molar-refractivity contribution in [3.8, 4) is 124 Å². The molecule has 7 aromatic heterocycles. The molecule has 0 saturated carbocycles. The summed E-state index contributed by atoms with van der Waals surface area (Å²) in [5.41, 5.74) is 51.3. The molecule has 3 spiro atoms. The van der Waals surface area contributed by atoms with Crippen molar-refractivity contribution in [1.29, 1.82) is 0 Å². The van der Waals surface area contributed by atoms with E-state index in [0.717, 1.165) is 22.9 Å². The number of aromatic nitrogens is 11. The van der Waals surface area contributed by atoms with Crippen molar-refractivity contribution < 1.29 is 28.0 Å². The molecule has 0 N–H and O–H groups in total. The van der Waals surface area contributed by atoms with Crippen molar-refractivity contribution in [2.45, 2.75) is 78.4 Å². The van der Waals surface area contributed by atoms with E-state index in [-0.39, 0.29) is 6.17 Å². The number of nitrogens with zero attached hydrogens (tertiary/aromatic N) is 14. The Labute approximate surface area is 790 Å². The number of rotatable bonds is 6. The second-order valence-corrected chi connectivity index (χ2v) is 38.9. The second kappa shape index (κ2) is 26.0. The molecule has 11 aliphatic rings. The lowest BCUT2D eigenvalue weighted by Gasteiger charge is -2.38. The van der Waals surface area contributed by atoms with Crippen LogP contribution in [-0.2, 0) is 16.9 Å². The van der Waals surface area contributed by atoms with E-state index in [4.69, 9.17) is 4.74 Å². The minimum atomic E-state index is -0.619. The summed E-state index contributed by atoms with van der Waals surface area (Å²) in [6.07, 6.45) is 6.87. The standard InChI is InChI=1S/C41H31N5.C41H28N4O.C40H30N5/c1-24-23-25(2)45-41-38-34(42-33-14-9-8-13-31(33)32-21-22-36(43(24)45)39(41)40(32)42)15-10-16-35(38)44-26(3)37(27(4)46(41)44)30-19-17-29(18-20-30)28-11-6-5-7-12-28;1-25-37(29-20-18-28(19-21-29)27-11-4-3-5-12-27)26(2)45-41-38-30(31-14-8-9-24-42(31)41)13-10-16-33(38)43-32-15-6-7-17-35(32)46-36-23-22-34(44(25)45)39(41)40(36)43;1-24-35(28-18-16-27(17-19-28)26-10-5-4-6-11-26)25(2)45-40-36-33(14-9-15-34(36)44(24)45)43-31-13-8-7-12-29(31)30-20-21-32(37(40)38(30)43)42-23-22-41(3)39(40)42/h5-23H,1-4H3;3-24H,1-2H3;4-23,39H,1-3H3/q2*+2;+1. The first-order chi connectivity index (χ1) is 67.3. The largest absolute Gasteiger partial charge is 0.466 e. The molecule has 4 unspecified atom stereocenters. The highest BCUT2D eigenvalue weighted by Crippen LogP contribution is 2.67. The molecular weight excluding hydrogens is 1680 g/mol. The Morgan fingerprint density at radius 3 is 1.34 bits per heavy atom. The summed E-state index contributed by atoms with van der Waals surface area (Å²) in [5.74, 6) is 1.76. The molecule has 0 amide bonds. The van der Waals surface area contributed by atoms with Crippen molar-refractivity contribution in [2.75, 3.05) is 16.8 Å². The highest BCUT2D eigenvalue weighted by Gasteiger charge is 2.78. The van der Waals surface area contributed by atoms with Crippen LogP contribution in [0.25, 0.3) is 156 Å². The topological polar surface area (TPSA) is 67.9 Å². The van der Waals surface area contributed by atoms with Gasteiger partial charge in [-0.2, -0.15) is 0 Å². The lowest BCUT2D eigenvalue weighted by molar-refractivity contribution is -1.02. The van der Waals surface area contributed by atoms with Crippen molar-refractivity contribution in [1.82, 2.24) is 32.8 Å². The highest BCUT2D eigenvalue weighted by molar-refractivity contribution is 6.15. The van der Waals surface area contributed by atoms with Gasteiger partial charge < -0.3 is 28.6 Å². The fourth-order valence-corrected chi connectivity index (χ4v) is 27.8. The van der Waals surface area contributed by atoms with Gasteiger partial charge in [0.05, 0.1) is 107 Å². The average Bonchev–Trinajstić information content (AvgIpc) is 1.46. The Morgan fingerprint density at radius 1 is 0.299 bits per heavy atom. The molecule has 33 rings (SSSR count). The van der Waals surface area contributed by atoms with E-state index in [2.05, 4.69) is 499 Å². The van der Waals surface area contributed by atoms with Gasteiger partial charge in [0.1, 0.15) is 34.0 Å². The third kappa shape index (κ3) is 8.74. The summed E-state index contributed by atoms with van der Waals surface area (Å²) in [4.78, 5) is 7.38. The van der Waals surface area contributed by atoms with Crippen LogP contribution < -0.4 is 37.8 Å². The van der Waals surface area contributed by atoms with E-state index in [1.807, 2.05) is 0 Å². The summed E-state index contributed by atoms with van der Waals surface area (Å²) < 4.78 is 34.6. The van der Waals surface area contributed by atoms with Crippen LogP contribution in [0.5, 0.6) is 11.5 Å². The molecule has 18 heterocycles. The molecule has 137 heavy (non-hydrogen) atoms. The zero-order chi connectivity index (χ0) is 90.7. The van der Waals surface area contributed by atoms with Crippen LogP contribution in [0.3, 0.4) is 0 Å². The fraction of sp³-hybridized carbons (Fsp3) is 0.107. The highest BCUT2D eigenvalue weighted by atomic mass is 16.5. The summed E-state index contributed by atoms with van der Waals surface area (Å²) in [7, 11) is 2.24. The smallest absolute Gasteiger partial charge is 0.453 e. The molecule has 0 aliphatic carbocycles. The first kappa shape index (κ1) is 75.4. The number of aryl methyl sites for hydroxylation is 2. The molecular formula is C122H89N14O+5. The van der Waals surface area contributed by atoms with Crippen molar-refractivity contribution in [3.63, 3.8) is 0 Å². The molecule has 0 fully saturated rings. The molecule has 15 heteroatoms. The van der Waals surface area contributed by atoms with E-state index < -0.39 is 16.9 Å². The fourth-order valence-electron chi connectivity index (χ4n) is 27.8. The Morgan fingerprint density at radius 2 is 0.745 bits per heavy atom. The second-order valence-electron chi connectivity index (χ2n) is 38.9. The van der Waals surface area contributed by atoms with Gasteiger partial charge in [-0.1, -0.05) is 241 Å². The molecule has 0 radical (unpaired) electrons. The summed E-state index contributed by atoms with van der Waals surface area (Å²) in [5, 5.41) is 5.24. The number of para-hydroxylation sites is 4. The third-order valence-electron chi connectivity index (χ3n) is 32.5. The lowest BCUT2D eigenvalue weighted by atomic mass is 9.77. The van der Waals surface area contributed by atoms with Crippen molar-refractivity contribution >= 4 is 66.4 Å². The summed E-state index contributed by atoms with van der Waals surface area (Å²) >= 11 is 0. The number of likely N-dealkylation sites (N-methyl/N-ethyl adjacent to an activating group) is 1. The van der Waals surface area contributed by atoms with E-state index in [0.29, 0.717) is 0 Å². The van der Waals surface area contributed by atoms with Gasteiger partial charge in [-0.25, -0.2) is 0 Å². The number of pyridine rings is 1. The zero-order valence-corrected chi connectivity index (χ0v) is 77.0. The van der Waals surface area contributed by atoms with Gasteiger partial charge >= 0.3 is 11.3 Å². The van der Waals surface area contributed by atoms with Crippen LogP contribution in [0, 0.1) is 55.4 Å². The Bertz CT molecular complexity index is 9320. The number of hydrogen-bond acceptors (Lipinski definition) is 4. The molecule has 22 aromatic rings. The normalized spacial score (nSPS) is 17.5. The van der Waals surface area contributed by atoms with E-state index in [1.54, 1.807) is 0 Å². The minimum absolute atomic E-state index is 0.0809. The maximum Gasteiger partial charge on any atom is 0.466 e. The summed E-state index contributed by atoms with van der Waals surface area (Å²) in [6, 6.07) is 129. The molecule has 4 atom stereocenters. The molecule has 648 valence electrons. The number of anilines is 4. The van der Waals surface area contributed by atoms with Gasteiger partial charge in [0.2, 0.25) is 28.5 Å². The maximum atomic E-state index is 6.67. The van der Waals surface area contributed by atoms with Crippen LogP contribution in [0.4, 0.5) is 22.7 Å². The Kier molecular flexibility index (Phi) is 14.3. The van der Waals surface area contributed by atoms with Crippen LogP contribution in [0.2, 0.25) is 0 Å². The Balaban J connectivity index is 0.0000000954. The van der Waals surface area contributed by atoms with Gasteiger partial charge in [-0.3, -0.25) is 0 Å². The number of hydrogen-bond donors (Lipinski definition) is 0. The molecule has 15 nitrogen and oxygen atoms in total. The molecule has 11 aliphatic heterocycles.